The molecule has 18 nitrogen and oxygen atoms in total. The van der Waals surface area contributed by atoms with Crippen molar-refractivity contribution in [3.05, 3.63) is 119 Å². The van der Waals surface area contributed by atoms with Crippen LogP contribution in [0.3, 0.4) is 0 Å². The van der Waals surface area contributed by atoms with E-state index in [-0.39, 0.29) is 85.7 Å². The molecule has 422 valence electrons. The molecule has 4 heterocycles. The van der Waals surface area contributed by atoms with Crippen molar-refractivity contribution in [1.82, 2.24) is 35.8 Å². The maximum Gasteiger partial charge on any atom is 0.246 e. The van der Waals surface area contributed by atoms with E-state index in [0.29, 0.717) is 54.5 Å². The number of nitrogens with zero attached hydrogens (tertiary/aromatic N) is 5. The van der Waals surface area contributed by atoms with Crippen LogP contribution in [-0.2, 0) is 28.6 Å². The smallest absolute Gasteiger partial charge is 0.246 e. The first-order chi connectivity index (χ1) is 38.5. The first kappa shape index (κ1) is 57.6. The van der Waals surface area contributed by atoms with Crippen LogP contribution in [0.25, 0.3) is 43.2 Å². The third-order valence-electron chi connectivity index (χ3n) is 14.0. The molecule has 21 heteroatoms. The second-order valence-electron chi connectivity index (χ2n) is 20.9. The van der Waals surface area contributed by atoms with Gasteiger partial charge in [-0.3, -0.25) is 14.4 Å². The van der Waals surface area contributed by atoms with Crippen LogP contribution >= 0.6 is 22.9 Å². The zero-order chi connectivity index (χ0) is 56.5. The summed E-state index contributed by atoms with van der Waals surface area (Å²) in [5.41, 5.74) is 5.30. The van der Waals surface area contributed by atoms with Crippen LogP contribution in [0.5, 0.6) is 11.5 Å². The number of piperazine rings is 1. The Labute approximate surface area is 473 Å². The molecule has 5 aromatic carbocycles. The van der Waals surface area contributed by atoms with Gasteiger partial charge in [-0.1, -0.05) is 80.9 Å². The number of phenols is 1. The molecule has 0 saturated carbocycles. The minimum atomic E-state index is -0.994. The number of aromatic nitrogens is 3. The summed E-state index contributed by atoms with van der Waals surface area (Å²) in [5, 5.41) is 35.8. The molecule has 2 fully saturated rings. The first-order valence-corrected chi connectivity index (χ1v) is 28.0. The normalized spacial score (nSPS) is 16.4. The second kappa shape index (κ2) is 26.0. The van der Waals surface area contributed by atoms with E-state index < -0.39 is 41.2 Å². The van der Waals surface area contributed by atoms with Gasteiger partial charge < -0.3 is 60.2 Å². The largest absolute Gasteiger partial charge is 0.508 e. The molecule has 2 aliphatic heterocycles. The number of amides is 3. The summed E-state index contributed by atoms with van der Waals surface area (Å²) >= 11 is 8.45. The number of halogens is 2. The van der Waals surface area contributed by atoms with Gasteiger partial charge in [0.1, 0.15) is 48.1 Å². The number of carbonyl (C=O) groups is 3. The van der Waals surface area contributed by atoms with E-state index in [4.69, 9.17) is 35.5 Å². The van der Waals surface area contributed by atoms with E-state index in [1.807, 2.05) is 101 Å². The molecule has 80 heavy (non-hydrogen) atoms. The number of phenolic OH excluding ortho intramolecular Hbond substituents is 1. The van der Waals surface area contributed by atoms with Gasteiger partial charge in [0.15, 0.2) is 5.82 Å². The SMILES string of the molecule is Cc1ncsc1-c1ccc(C(C)NC(=O)[C@@H]2C[C@@H](O)CN2C(=O)C(NC(=O)COCCOCCOCCOc2ccc(Nc3nc(N4CCNCC4)c4cc(Cl)c(-c5cc(O)cc6ccccc56)c(F)c4n3)cc2)C(C)(C)C)cc1. The molecular weight excluding hydrogens is 1070 g/mol. The number of aryl methyl sites for hydroxylation is 1. The average molecular weight is 1130 g/mol. The number of carbonyl (C=O) groups excluding carboxylic acids is 3. The van der Waals surface area contributed by atoms with Crippen molar-refractivity contribution in [2.45, 2.75) is 65.3 Å². The Morgan fingerprint density at radius 1 is 0.887 bits per heavy atom. The molecule has 6 N–H and O–H groups in total. The number of aromatic hydroxyl groups is 1. The van der Waals surface area contributed by atoms with Crippen molar-refractivity contribution in [3.8, 4) is 33.1 Å². The Kier molecular flexibility index (Phi) is 18.8. The van der Waals surface area contributed by atoms with Gasteiger partial charge in [0.2, 0.25) is 23.7 Å². The lowest BCUT2D eigenvalue weighted by molar-refractivity contribution is -0.144. The number of hydrogen-bond acceptors (Lipinski definition) is 16. The van der Waals surface area contributed by atoms with E-state index in [2.05, 4.69) is 36.1 Å². The summed E-state index contributed by atoms with van der Waals surface area (Å²) in [6.45, 7) is 13.2. The number of β-amino-alcohol motifs (C(OH)–C–C–N with tert-alkyl or cyclic N) is 1. The zero-order valence-electron chi connectivity index (χ0n) is 45.4. The predicted molar refractivity (Wildman–Crippen MR) is 308 cm³/mol. The summed E-state index contributed by atoms with van der Waals surface area (Å²) in [7, 11) is 0. The van der Waals surface area contributed by atoms with Crippen LogP contribution in [-0.4, -0.2) is 145 Å². The van der Waals surface area contributed by atoms with Crippen molar-refractivity contribution >= 4 is 79.8 Å². The molecule has 0 spiro atoms. The van der Waals surface area contributed by atoms with Gasteiger partial charge in [-0.15, -0.1) is 11.3 Å². The maximum atomic E-state index is 16.9. The van der Waals surface area contributed by atoms with E-state index in [9.17, 15) is 24.6 Å². The number of anilines is 3. The first-order valence-electron chi connectivity index (χ1n) is 26.7. The minimum Gasteiger partial charge on any atom is -0.508 e. The molecular formula is C59H67ClFN9O9S. The van der Waals surface area contributed by atoms with Crippen LogP contribution in [0.15, 0.2) is 96.5 Å². The second-order valence-corrected chi connectivity index (χ2v) is 22.2. The van der Waals surface area contributed by atoms with Crippen LogP contribution in [0.1, 0.15) is 51.4 Å². The number of likely N-dealkylation sites (tertiary alicyclic amines) is 1. The van der Waals surface area contributed by atoms with Crippen LogP contribution < -0.4 is 30.9 Å². The van der Waals surface area contributed by atoms with Crippen molar-refractivity contribution in [1.29, 1.82) is 0 Å². The maximum absolute atomic E-state index is 16.9. The number of nitrogens with one attached hydrogen (secondary N) is 4. The Morgan fingerprint density at radius 2 is 1.59 bits per heavy atom. The molecule has 2 unspecified atom stereocenters. The summed E-state index contributed by atoms with van der Waals surface area (Å²) in [6, 6.07) is 25.1. The van der Waals surface area contributed by atoms with Crippen molar-refractivity contribution in [2.75, 3.05) is 89.2 Å². The quantitative estimate of drug-likeness (QED) is 0.0351. The van der Waals surface area contributed by atoms with Gasteiger partial charge in [0.05, 0.1) is 66.3 Å². The highest BCUT2D eigenvalue weighted by Gasteiger charge is 2.45. The van der Waals surface area contributed by atoms with Gasteiger partial charge >= 0.3 is 0 Å². The third kappa shape index (κ3) is 13.9. The van der Waals surface area contributed by atoms with E-state index in [0.717, 1.165) is 45.6 Å². The Morgan fingerprint density at radius 3 is 2.29 bits per heavy atom. The van der Waals surface area contributed by atoms with Gasteiger partial charge in [-0.05, 0) is 89.2 Å². The number of aliphatic hydroxyl groups excluding tert-OH is 1. The number of thiazole rings is 1. The number of hydrogen-bond donors (Lipinski definition) is 6. The fraction of sp³-hybridized carbons (Fsp3) is 0.390. The van der Waals surface area contributed by atoms with Crippen LogP contribution in [0.2, 0.25) is 5.02 Å². The van der Waals surface area contributed by atoms with Gasteiger partial charge in [-0.2, -0.15) is 4.98 Å². The minimum absolute atomic E-state index is 0.00910. The molecule has 3 amide bonds. The fourth-order valence-electron chi connectivity index (χ4n) is 9.91. The fourth-order valence-corrected chi connectivity index (χ4v) is 11.0. The Hall–Kier alpha value is -7.04. The molecule has 0 bridgehead atoms. The van der Waals surface area contributed by atoms with E-state index >= 15 is 4.39 Å². The molecule has 0 radical (unpaired) electrons. The molecule has 2 saturated heterocycles. The van der Waals surface area contributed by atoms with Crippen LogP contribution in [0.4, 0.5) is 21.8 Å². The molecule has 9 rings (SSSR count). The monoisotopic (exact) mass is 1130 g/mol. The van der Waals surface area contributed by atoms with Gasteiger partial charge in [0, 0.05) is 55.8 Å². The summed E-state index contributed by atoms with van der Waals surface area (Å²) < 4.78 is 39.7. The highest BCUT2D eigenvalue weighted by molar-refractivity contribution is 7.13. The van der Waals surface area contributed by atoms with Gasteiger partial charge in [0.25, 0.3) is 0 Å². The van der Waals surface area contributed by atoms with Crippen molar-refractivity contribution in [3.63, 3.8) is 0 Å². The van der Waals surface area contributed by atoms with Crippen molar-refractivity contribution in [2.24, 2.45) is 5.41 Å². The Bertz CT molecular complexity index is 3300. The summed E-state index contributed by atoms with van der Waals surface area (Å²) in [4.78, 5) is 59.3. The molecule has 7 aromatic rings. The standard InChI is InChI=1S/C59H67ClFN9O9S/c1-35(37-10-12-38(13-11-37)53-36(2)63-34-80-53)64-56(74)48-30-42(72)32-70(48)57(75)54(59(3,4)5)66-49(73)33-78-25-24-76-22-23-77-26-27-79-43-16-14-40(15-17-43)65-58-67-52-46(55(68-58)69-20-18-62-19-21-69)31-47(60)50(51(52)61)45-29-41(71)28-39-8-6-7-9-44(39)45/h6-17,28-29,31,34-35,42,48,54,62,71-72H,18-27,30,32-33H2,1-5H3,(H,64,74)(H,66,73)(H,65,67,68)/t35?,42-,48+,54?/m1/s1. The van der Waals surface area contributed by atoms with Gasteiger partial charge in [-0.25, -0.2) is 14.4 Å². The summed E-state index contributed by atoms with van der Waals surface area (Å²) in [6.07, 6.45) is -0.821. The lowest BCUT2D eigenvalue weighted by Crippen LogP contribution is -2.58. The van der Waals surface area contributed by atoms with Crippen LogP contribution in [0, 0.1) is 18.2 Å². The molecule has 2 aromatic heterocycles. The van der Waals surface area contributed by atoms with Crippen molar-refractivity contribution < 1.29 is 47.9 Å². The number of benzene rings is 5. The average Bonchev–Trinajstić information content (AvgIpc) is 4.09. The van der Waals surface area contributed by atoms with E-state index in [1.165, 1.54) is 11.0 Å². The lowest BCUT2D eigenvalue weighted by atomic mass is 9.85. The van der Waals surface area contributed by atoms with E-state index in [1.54, 1.807) is 35.6 Å². The molecule has 0 aliphatic carbocycles. The summed E-state index contributed by atoms with van der Waals surface area (Å²) in [5.74, 6) is -0.625. The highest BCUT2D eigenvalue weighted by atomic mass is 35.5. The predicted octanol–water partition coefficient (Wildman–Crippen LogP) is 8.33. The topological polar surface area (TPSA) is 222 Å². The number of ether oxygens (including phenoxy) is 4. The zero-order valence-corrected chi connectivity index (χ0v) is 47.0. The molecule has 4 atom stereocenters. The third-order valence-corrected chi connectivity index (χ3v) is 15.3. The number of fused-ring (bicyclic) bond motifs is 2. The Balaban J connectivity index is 0.693. The highest BCUT2D eigenvalue weighted by Crippen LogP contribution is 2.43. The lowest BCUT2D eigenvalue weighted by Gasteiger charge is -2.35. The number of aliphatic hydroxyl groups is 1. The number of rotatable bonds is 22. The molecule has 2 aliphatic rings.